The van der Waals surface area contributed by atoms with Crippen LogP contribution in [0, 0.1) is 17.8 Å². The molecule has 1 aromatic heterocycles. The van der Waals surface area contributed by atoms with Crippen LogP contribution in [0.4, 0.5) is 0 Å². The zero-order valence-electron chi connectivity index (χ0n) is 9.17. The van der Waals surface area contributed by atoms with E-state index in [1.807, 2.05) is 12.3 Å². The van der Waals surface area contributed by atoms with Crippen molar-refractivity contribution in [3.63, 3.8) is 0 Å². The molecule has 0 amide bonds. The fourth-order valence-corrected chi connectivity index (χ4v) is 1.06. The predicted octanol–water partition coefficient (Wildman–Crippen LogP) is 3.04. The quantitative estimate of drug-likeness (QED) is 0.648. The summed E-state index contributed by atoms with van der Waals surface area (Å²) >= 11 is 0. The van der Waals surface area contributed by atoms with Gasteiger partial charge in [-0.05, 0) is 36.5 Å². The van der Waals surface area contributed by atoms with Gasteiger partial charge < -0.3 is 0 Å². The summed E-state index contributed by atoms with van der Waals surface area (Å²) in [5.41, 5.74) is 2.19. The first kappa shape index (κ1) is 10.8. The molecule has 0 N–H and O–H groups in total. The van der Waals surface area contributed by atoms with E-state index in [0.29, 0.717) is 5.92 Å². The molecule has 1 unspecified atom stereocenters. The Morgan fingerprint density at radius 3 is 2.86 bits per heavy atom. The molecule has 0 fully saturated rings. The minimum atomic E-state index is 0.460. The van der Waals surface area contributed by atoms with Crippen molar-refractivity contribution in [2.75, 3.05) is 0 Å². The van der Waals surface area contributed by atoms with E-state index in [1.165, 1.54) is 5.56 Å². The topological polar surface area (TPSA) is 12.9 Å². The van der Waals surface area contributed by atoms with Gasteiger partial charge in [-0.2, -0.15) is 0 Å². The number of aryl methyl sites for hydroxylation is 1. The number of hydrogen-bond donors (Lipinski definition) is 0. The lowest BCUT2D eigenvalue weighted by Gasteiger charge is -1.97. The normalized spacial score (nSPS) is 11.6. The molecule has 74 valence electrons. The third kappa shape index (κ3) is 3.22. The van der Waals surface area contributed by atoms with Crippen molar-refractivity contribution in [1.29, 1.82) is 0 Å². The molecule has 1 heteroatoms. The van der Waals surface area contributed by atoms with Gasteiger partial charge in [-0.15, -0.1) is 0 Å². The van der Waals surface area contributed by atoms with Gasteiger partial charge in [-0.25, -0.2) is 4.98 Å². The van der Waals surface area contributed by atoms with E-state index >= 15 is 0 Å². The first-order chi connectivity index (χ1) is 6.76. The monoisotopic (exact) mass is 187 g/mol. The lowest BCUT2D eigenvalue weighted by molar-refractivity contribution is 0.723. The highest BCUT2D eigenvalue weighted by atomic mass is 14.6. The molecule has 0 spiro atoms. The van der Waals surface area contributed by atoms with Crippen LogP contribution in [0.5, 0.6) is 0 Å². The fraction of sp³-hybridized carbons (Fsp3) is 0.462. The maximum Gasteiger partial charge on any atom is 0.113 e. The van der Waals surface area contributed by atoms with Gasteiger partial charge in [0.2, 0.25) is 0 Å². The van der Waals surface area contributed by atoms with Crippen LogP contribution in [0.3, 0.4) is 0 Å². The first-order valence-electron chi connectivity index (χ1n) is 5.22. The Bertz CT molecular complexity index is 344. The second-order valence-electron chi connectivity index (χ2n) is 3.48. The lowest BCUT2D eigenvalue weighted by Crippen LogP contribution is -1.89. The van der Waals surface area contributed by atoms with E-state index in [9.17, 15) is 0 Å². The highest BCUT2D eigenvalue weighted by Gasteiger charge is 1.93. The van der Waals surface area contributed by atoms with Crippen LogP contribution in [0.25, 0.3) is 0 Å². The van der Waals surface area contributed by atoms with Gasteiger partial charge in [0.05, 0.1) is 0 Å². The summed E-state index contributed by atoms with van der Waals surface area (Å²) < 4.78 is 0. The molecule has 1 atom stereocenters. The molecule has 1 aromatic rings. The average Bonchev–Trinajstić information content (AvgIpc) is 2.26. The van der Waals surface area contributed by atoms with Crippen molar-refractivity contribution in [3.05, 3.63) is 29.6 Å². The van der Waals surface area contributed by atoms with Crippen molar-refractivity contribution in [2.24, 2.45) is 5.92 Å². The minimum Gasteiger partial charge on any atom is -0.248 e. The Morgan fingerprint density at radius 1 is 1.43 bits per heavy atom. The molecule has 0 saturated heterocycles. The van der Waals surface area contributed by atoms with Crippen molar-refractivity contribution in [1.82, 2.24) is 4.98 Å². The van der Waals surface area contributed by atoms with Crippen LogP contribution in [-0.4, -0.2) is 4.98 Å². The van der Waals surface area contributed by atoms with Gasteiger partial charge in [0.25, 0.3) is 0 Å². The highest BCUT2D eigenvalue weighted by molar-refractivity contribution is 5.31. The molecule has 0 aliphatic heterocycles. The molecule has 0 aromatic carbocycles. The summed E-state index contributed by atoms with van der Waals surface area (Å²) in [5.74, 6) is 6.76. The zero-order valence-corrected chi connectivity index (χ0v) is 9.17. The van der Waals surface area contributed by atoms with Crippen LogP contribution in [-0.2, 0) is 6.42 Å². The Hall–Kier alpha value is -1.29. The van der Waals surface area contributed by atoms with Crippen LogP contribution >= 0.6 is 0 Å². The number of aromatic nitrogens is 1. The van der Waals surface area contributed by atoms with Gasteiger partial charge in [-0.1, -0.05) is 26.7 Å². The maximum atomic E-state index is 4.22. The predicted molar refractivity (Wildman–Crippen MR) is 59.9 cm³/mol. The Labute approximate surface area is 86.6 Å². The summed E-state index contributed by atoms with van der Waals surface area (Å²) in [7, 11) is 0. The molecule has 1 nitrogen and oxygen atoms in total. The summed E-state index contributed by atoms with van der Waals surface area (Å²) in [6, 6.07) is 4.10. The van der Waals surface area contributed by atoms with E-state index < -0.39 is 0 Å². The van der Waals surface area contributed by atoms with Gasteiger partial charge in [0, 0.05) is 12.1 Å². The molecule has 1 heterocycles. The number of rotatable bonds is 2. The van der Waals surface area contributed by atoms with E-state index in [4.69, 9.17) is 0 Å². The molecule has 0 saturated carbocycles. The van der Waals surface area contributed by atoms with E-state index in [2.05, 4.69) is 43.7 Å². The van der Waals surface area contributed by atoms with Gasteiger partial charge >= 0.3 is 0 Å². The summed E-state index contributed by atoms with van der Waals surface area (Å²) in [4.78, 5) is 4.22. The molecular weight excluding hydrogens is 170 g/mol. The SMILES string of the molecule is CCc1ccnc(C#CC(C)CC)c1. The second kappa shape index (κ2) is 5.44. The fourth-order valence-electron chi connectivity index (χ4n) is 1.06. The molecular formula is C13H17N. The molecule has 0 radical (unpaired) electrons. The summed E-state index contributed by atoms with van der Waals surface area (Å²) in [6.45, 7) is 6.42. The van der Waals surface area contributed by atoms with Crippen LogP contribution in [0.2, 0.25) is 0 Å². The van der Waals surface area contributed by atoms with Crippen LogP contribution < -0.4 is 0 Å². The first-order valence-corrected chi connectivity index (χ1v) is 5.22. The highest BCUT2D eigenvalue weighted by Crippen LogP contribution is 2.02. The van der Waals surface area contributed by atoms with Crippen LogP contribution in [0.15, 0.2) is 18.3 Å². The largest absolute Gasteiger partial charge is 0.248 e. The van der Waals surface area contributed by atoms with E-state index in [-0.39, 0.29) is 0 Å². The molecule has 1 rings (SSSR count). The standard InChI is InChI=1S/C13H17N/c1-4-11(3)6-7-13-10-12(5-2)8-9-14-13/h8-11H,4-5H2,1-3H3. The summed E-state index contributed by atoms with van der Waals surface area (Å²) in [6.07, 6.45) is 3.97. The Kier molecular flexibility index (Phi) is 4.19. The van der Waals surface area contributed by atoms with Gasteiger partial charge in [-0.3, -0.25) is 0 Å². The van der Waals surface area contributed by atoms with E-state index in [0.717, 1.165) is 18.5 Å². The zero-order chi connectivity index (χ0) is 10.4. The number of pyridine rings is 1. The maximum absolute atomic E-state index is 4.22. The minimum absolute atomic E-state index is 0.460. The molecule has 14 heavy (non-hydrogen) atoms. The molecule has 0 aliphatic rings. The van der Waals surface area contributed by atoms with Gasteiger partial charge in [0.1, 0.15) is 5.69 Å². The lowest BCUT2D eigenvalue weighted by atomic mass is 10.1. The van der Waals surface area contributed by atoms with Crippen molar-refractivity contribution in [2.45, 2.75) is 33.6 Å². The van der Waals surface area contributed by atoms with Crippen molar-refractivity contribution in [3.8, 4) is 11.8 Å². The molecule has 0 aliphatic carbocycles. The Morgan fingerprint density at radius 2 is 2.21 bits per heavy atom. The smallest absolute Gasteiger partial charge is 0.113 e. The van der Waals surface area contributed by atoms with Gasteiger partial charge in [0.15, 0.2) is 0 Å². The summed E-state index contributed by atoms with van der Waals surface area (Å²) in [5, 5.41) is 0. The second-order valence-corrected chi connectivity index (χ2v) is 3.48. The third-order valence-corrected chi connectivity index (χ3v) is 2.29. The van der Waals surface area contributed by atoms with Crippen molar-refractivity contribution >= 4 is 0 Å². The molecule has 0 bridgehead atoms. The van der Waals surface area contributed by atoms with Crippen molar-refractivity contribution < 1.29 is 0 Å². The number of nitrogens with zero attached hydrogens (tertiary/aromatic N) is 1. The average molecular weight is 187 g/mol. The third-order valence-electron chi connectivity index (χ3n) is 2.29. The Balaban J connectivity index is 2.79. The van der Waals surface area contributed by atoms with Crippen LogP contribution in [0.1, 0.15) is 38.4 Å². The number of hydrogen-bond acceptors (Lipinski definition) is 1. The van der Waals surface area contributed by atoms with E-state index in [1.54, 1.807) is 0 Å².